The number of benzene rings is 1. The maximum atomic E-state index is 12.0. The maximum Gasteiger partial charge on any atom is 0.252 e. The van der Waals surface area contributed by atoms with Crippen LogP contribution in [0.3, 0.4) is 0 Å². The minimum absolute atomic E-state index is 0.0522. The van der Waals surface area contributed by atoms with Crippen molar-refractivity contribution in [1.82, 2.24) is 5.32 Å². The van der Waals surface area contributed by atoms with Gasteiger partial charge in [0.15, 0.2) is 5.84 Å². The molecule has 0 bridgehead atoms. The monoisotopic (exact) mass is 251 g/mol. The number of phenols is 1. The van der Waals surface area contributed by atoms with E-state index in [0.29, 0.717) is 17.5 Å². The Morgan fingerprint density at radius 1 is 1.56 bits per heavy atom. The predicted molar refractivity (Wildman–Crippen MR) is 67.8 cm³/mol. The van der Waals surface area contributed by atoms with Crippen LogP contribution in [-0.4, -0.2) is 28.1 Å². The highest BCUT2D eigenvalue weighted by Gasteiger charge is 2.18. The smallest absolute Gasteiger partial charge is 0.252 e. The summed E-state index contributed by atoms with van der Waals surface area (Å²) in [4.78, 5) is 12.0. The highest BCUT2D eigenvalue weighted by molar-refractivity contribution is 5.99. The van der Waals surface area contributed by atoms with Crippen LogP contribution in [0.1, 0.15) is 29.3 Å². The summed E-state index contributed by atoms with van der Waals surface area (Å²) in [5.41, 5.74) is 6.31. The van der Waals surface area contributed by atoms with Crippen LogP contribution in [0.15, 0.2) is 23.4 Å². The Bertz CT molecular complexity index is 472. The summed E-state index contributed by atoms with van der Waals surface area (Å²) in [7, 11) is 0. The first kappa shape index (κ1) is 13.8. The molecule has 1 aromatic carbocycles. The average Bonchev–Trinajstić information content (AvgIpc) is 2.37. The summed E-state index contributed by atoms with van der Waals surface area (Å²) in [6.45, 7) is 3.45. The first-order chi connectivity index (χ1) is 8.51. The number of aromatic hydroxyl groups is 1. The zero-order chi connectivity index (χ0) is 13.7. The van der Waals surface area contributed by atoms with Crippen LogP contribution < -0.4 is 11.1 Å². The topological polar surface area (TPSA) is 108 Å². The molecule has 5 N–H and O–H groups in total. The lowest BCUT2D eigenvalue weighted by atomic mass is 10.1. The van der Waals surface area contributed by atoms with Gasteiger partial charge in [-0.25, -0.2) is 0 Å². The van der Waals surface area contributed by atoms with Crippen molar-refractivity contribution in [2.45, 2.75) is 26.3 Å². The highest BCUT2D eigenvalue weighted by Crippen LogP contribution is 2.19. The molecular formula is C12H17N3O3. The minimum atomic E-state index is -0.538. The number of amidine groups is 1. The van der Waals surface area contributed by atoms with E-state index >= 15 is 0 Å². The van der Waals surface area contributed by atoms with Gasteiger partial charge in [-0.15, -0.1) is 0 Å². The van der Waals surface area contributed by atoms with E-state index in [4.69, 9.17) is 10.9 Å². The van der Waals surface area contributed by atoms with Crippen molar-refractivity contribution >= 4 is 11.7 Å². The Morgan fingerprint density at radius 3 is 2.78 bits per heavy atom. The number of nitrogens with one attached hydrogen (secondary N) is 1. The Kier molecular flexibility index (Phi) is 4.53. The third-order valence-electron chi connectivity index (χ3n) is 2.74. The molecule has 0 heterocycles. The van der Waals surface area contributed by atoms with Gasteiger partial charge in [0, 0.05) is 11.1 Å². The average molecular weight is 251 g/mol. The number of amides is 1. The molecule has 0 saturated carbocycles. The predicted octanol–water partition coefficient (Wildman–Crippen LogP) is 0.955. The first-order valence-corrected chi connectivity index (χ1v) is 5.58. The van der Waals surface area contributed by atoms with Crippen molar-refractivity contribution in [2.24, 2.45) is 10.9 Å². The lowest BCUT2D eigenvalue weighted by Gasteiger charge is -2.16. The van der Waals surface area contributed by atoms with Crippen molar-refractivity contribution in [1.29, 1.82) is 0 Å². The molecule has 0 aromatic heterocycles. The molecule has 1 aromatic rings. The molecule has 0 fully saturated rings. The number of hydrogen-bond donors (Lipinski definition) is 4. The quantitative estimate of drug-likeness (QED) is 0.276. The zero-order valence-corrected chi connectivity index (χ0v) is 10.3. The summed E-state index contributed by atoms with van der Waals surface area (Å²) in [6, 6.07) is 4.15. The van der Waals surface area contributed by atoms with Crippen molar-refractivity contribution in [3.05, 3.63) is 29.3 Å². The summed E-state index contributed by atoms with van der Waals surface area (Å²) >= 11 is 0. The number of hydrogen-bond acceptors (Lipinski definition) is 4. The van der Waals surface area contributed by atoms with Crippen molar-refractivity contribution < 1.29 is 15.1 Å². The normalized spacial score (nSPS) is 13.1. The highest BCUT2D eigenvalue weighted by atomic mass is 16.4. The van der Waals surface area contributed by atoms with Crippen LogP contribution in [0.25, 0.3) is 0 Å². The lowest BCUT2D eigenvalue weighted by Crippen LogP contribution is -2.44. The second-order valence-corrected chi connectivity index (χ2v) is 3.91. The van der Waals surface area contributed by atoms with Gasteiger partial charge in [-0.2, -0.15) is 0 Å². The largest absolute Gasteiger partial charge is 0.508 e. The van der Waals surface area contributed by atoms with Crippen LogP contribution in [0.2, 0.25) is 0 Å². The molecule has 0 saturated heterocycles. The Labute approximate surface area is 105 Å². The summed E-state index contributed by atoms with van der Waals surface area (Å²) in [5, 5.41) is 23.6. The molecule has 1 amide bonds. The fourth-order valence-corrected chi connectivity index (χ4v) is 1.56. The van der Waals surface area contributed by atoms with Gasteiger partial charge in [0.25, 0.3) is 5.91 Å². The molecule has 0 aliphatic rings. The van der Waals surface area contributed by atoms with Gasteiger partial charge in [-0.1, -0.05) is 18.1 Å². The number of rotatable bonds is 4. The molecule has 18 heavy (non-hydrogen) atoms. The van der Waals surface area contributed by atoms with Gasteiger partial charge in [0.2, 0.25) is 0 Å². The summed E-state index contributed by atoms with van der Waals surface area (Å²) in [5.74, 6) is -0.370. The summed E-state index contributed by atoms with van der Waals surface area (Å²) in [6.07, 6.45) is 0.500. The fourth-order valence-electron chi connectivity index (χ4n) is 1.56. The van der Waals surface area contributed by atoms with Crippen LogP contribution in [0, 0.1) is 6.92 Å². The third kappa shape index (κ3) is 2.91. The molecule has 0 spiro atoms. The minimum Gasteiger partial charge on any atom is -0.508 e. The third-order valence-corrected chi connectivity index (χ3v) is 2.74. The van der Waals surface area contributed by atoms with Gasteiger partial charge in [-0.05, 0) is 25.5 Å². The van der Waals surface area contributed by atoms with E-state index in [2.05, 4.69) is 10.5 Å². The molecule has 98 valence electrons. The van der Waals surface area contributed by atoms with E-state index in [0.717, 1.165) is 0 Å². The Balaban J connectivity index is 2.91. The van der Waals surface area contributed by atoms with Crippen LogP contribution in [-0.2, 0) is 0 Å². The Morgan fingerprint density at radius 2 is 2.22 bits per heavy atom. The first-order valence-electron chi connectivity index (χ1n) is 5.58. The number of carbonyl (C=O) groups excluding carboxylic acids is 1. The second-order valence-electron chi connectivity index (χ2n) is 3.91. The van der Waals surface area contributed by atoms with E-state index < -0.39 is 6.04 Å². The molecule has 0 aliphatic carbocycles. The Hall–Kier alpha value is -2.24. The van der Waals surface area contributed by atoms with Crippen molar-refractivity contribution in [3.8, 4) is 5.75 Å². The zero-order valence-electron chi connectivity index (χ0n) is 10.3. The fraction of sp³-hybridized carbons (Fsp3) is 0.333. The molecule has 1 unspecified atom stereocenters. The van der Waals surface area contributed by atoms with Gasteiger partial charge in [0.1, 0.15) is 5.75 Å². The molecule has 6 nitrogen and oxygen atoms in total. The van der Waals surface area contributed by atoms with E-state index in [9.17, 15) is 9.90 Å². The van der Waals surface area contributed by atoms with Gasteiger partial charge < -0.3 is 21.4 Å². The molecule has 1 rings (SSSR count). The van der Waals surface area contributed by atoms with E-state index in [-0.39, 0.29) is 17.5 Å². The SMILES string of the molecule is CCC(NC(=O)c1cccc(O)c1C)/C(N)=N/O. The second kappa shape index (κ2) is 5.90. The molecule has 0 aliphatic heterocycles. The lowest BCUT2D eigenvalue weighted by molar-refractivity contribution is 0.0944. The maximum absolute atomic E-state index is 12.0. The van der Waals surface area contributed by atoms with Crippen LogP contribution in [0.5, 0.6) is 5.75 Å². The van der Waals surface area contributed by atoms with E-state index in [1.165, 1.54) is 6.07 Å². The number of oxime groups is 1. The van der Waals surface area contributed by atoms with Crippen LogP contribution in [0.4, 0.5) is 0 Å². The summed E-state index contributed by atoms with van der Waals surface area (Å²) < 4.78 is 0. The van der Waals surface area contributed by atoms with Crippen molar-refractivity contribution in [3.63, 3.8) is 0 Å². The van der Waals surface area contributed by atoms with Crippen molar-refractivity contribution in [2.75, 3.05) is 0 Å². The van der Waals surface area contributed by atoms with Gasteiger partial charge in [0.05, 0.1) is 6.04 Å². The standard InChI is InChI=1S/C12H17N3O3/c1-3-9(11(13)15-18)14-12(17)8-5-4-6-10(16)7(8)2/h4-6,9,16,18H,3H2,1-2H3,(H2,13,15)(H,14,17). The number of nitrogens with zero attached hydrogens (tertiary/aromatic N) is 1. The molecule has 0 radical (unpaired) electrons. The van der Waals surface area contributed by atoms with Gasteiger partial charge >= 0.3 is 0 Å². The molecular weight excluding hydrogens is 234 g/mol. The number of phenolic OH excluding ortho intramolecular Hbond substituents is 1. The number of nitrogens with two attached hydrogens (primary N) is 1. The molecule has 1 atom stereocenters. The van der Waals surface area contributed by atoms with Gasteiger partial charge in [-0.3, -0.25) is 4.79 Å². The van der Waals surface area contributed by atoms with E-state index in [1.54, 1.807) is 26.0 Å². The molecule has 6 heteroatoms. The number of carbonyl (C=O) groups is 1. The van der Waals surface area contributed by atoms with E-state index in [1.807, 2.05) is 0 Å². The van der Waals surface area contributed by atoms with Crippen LogP contribution >= 0.6 is 0 Å².